The number of esters is 1. The first kappa shape index (κ1) is 14.8. The molecule has 1 saturated carbocycles. The average Bonchev–Trinajstić information content (AvgIpc) is 3.00. The van der Waals surface area contributed by atoms with Gasteiger partial charge >= 0.3 is 5.97 Å². The first-order chi connectivity index (χ1) is 10.6. The van der Waals surface area contributed by atoms with Gasteiger partial charge in [0.2, 0.25) is 0 Å². The van der Waals surface area contributed by atoms with Crippen LogP contribution in [0.15, 0.2) is 29.1 Å². The molecule has 1 aromatic carbocycles. The summed E-state index contributed by atoms with van der Waals surface area (Å²) in [4.78, 5) is 31.1. The fourth-order valence-corrected chi connectivity index (χ4v) is 3.05. The van der Waals surface area contributed by atoms with Gasteiger partial charge in [-0.1, -0.05) is 25.0 Å². The lowest BCUT2D eigenvalue weighted by molar-refractivity contribution is -0.150. The molecule has 0 bridgehead atoms. The Bertz CT molecular complexity index is 732. The van der Waals surface area contributed by atoms with E-state index >= 15 is 0 Å². The predicted octanol–water partition coefficient (Wildman–Crippen LogP) is 3.11. The summed E-state index contributed by atoms with van der Waals surface area (Å²) in [6, 6.07) is 7.13. The van der Waals surface area contributed by atoms with E-state index in [1.807, 2.05) is 6.07 Å². The molecule has 0 amide bonds. The van der Waals surface area contributed by atoms with Crippen molar-refractivity contribution in [3.8, 4) is 0 Å². The number of ether oxygens (including phenoxy) is 1. The van der Waals surface area contributed by atoms with Gasteiger partial charge in [0.25, 0.3) is 5.56 Å². The topological polar surface area (TPSA) is 72.0 Å². The number of H-pyrrole nitrogens is 1. The quantitative estimate of drug-likeness (QED) is 0.881. The highest BCUT2D eigenvalue weighted by molar-refractivity contribution is 5.77. The molecule has 5 nitrogen and oxygen atoms in total. The predicted molar refractivity (Wildman–Crippen MR) is 83.4 cm³/mol. The zero-order valence-corrected chi connectivity index (χ0v) is 12.7. The normalized spacial score (nSPS) is 16.8. The Labute approximate surface area is 128 Å². The Morgan fingerprint density at radius 2 is 2.09 bits per heavy atom. The van der Waals surface area contributed by atoms with E-state index in [2.05, 4.69) is 9.97 Å². The Morgan fingerprint density at radius 3 is 2.86 bits per heavy atom. The van der Waals surface area contributed by atoms with Crippen LogP contribution in [0.4, 0.5) is 0 Å². The van der Waals surface area contributed by atoms with Gasteiger partial charge in [-0.05, 0) is 37.8 Å². The van der Waals surface area contributed by atoms with Gasteiger partial charge in [-0.15, -0.1) is 0 Å². The number of carbonyl (C=O) groups excluding carboxylic acids is 1. The number of hydrogen-bond acceptors (Lipinski definition) is 4. The van der Waals surface area contributed by atoms with E-state index in [-0.39, 0.29) is 11.5 Å². The van der Waals surface area contributed by atoms with E-state index in [1.54, 1.807) is 25.1 Å². The minimum atomic E-state index is -0.550. The number of aromatic amines is 1. The average molecular weight is 300 g/mol. The lowest BCUT2D eigenvalue weighted by Crippen LogP contribution is -2.18. The standard InChI is InChI=1S/C17H20N2O3/c1-11(22-15(20)10-12-6-2-3-7-12)16-18-14-9-5-4-8-13(14)17(21)19-16/h4-5,8-9,11-12H,2-3,6-7,10H2,1H3,(H,18,19,21)/t11-/m0/s1. The molecule has 1 aliphatic rings. The number of para-hydroxylation sites is 1. The van der Waals surface area contributed by atoms with E-state index in [4.69, 9.17) is 4.74 Å². The lowest BCUT2D eigenvalue weighted by atomic mass is 10.0. The number of rotatable bonds is 4. The van der Waals surface area contributed by atoms with Crippen molar-refractivity contribution >= 4 is 16.9 Å². The molecule has 22 heavy (non-hydrogen) atoms. The van der Waals surface area contributed by atoms with Crippen LogP contribution in [-0.4, -0.2) is 15.9 Å². The summed E-state index contributed by atoms with van der Waals surface area (Å²) < 4.78 is 5.43. The summed E-state index contributed by atoms with van der Waals surface area (Å²) >= 11 is 0. The molecule has 1 heterocycles. The second kappa shape index (κ2) is 6.30. The highest BCUT2D eigenvalue weighted by Crippen LogP contribution is 2.28. The second-order valence-corrected chi connectivity index (χ2v) is 5.96. The maximum absolute atomic E-state index is 12.0. The molecule has 0 radical (unpaired) electrons. The van der Waals surface area contributed by atoms with Crippen LogP contribution in [0.1, 0.15) is 51.0 Å². The van der Waals surface area contributed by atoms with Gasteiger partial charge in [0, 0.05) is 6.42 Å². The van der Waals surface area contributed by atoms with Crippen molar-refractivity contribution < 1.29 is 9.53 Å². The molecule has 3 rings (SSSR count). The summed E-state index contributed by atoms with van der Waals surface area (Å²) in [5, 5.41) is 0.538. The van der Waals surface area contributed by atoms with Crippen LogP contribution in [0.25, 0.3) is 10.9 Å². The highest BCUT2D eigenvalue weighted by atomic mass is 16.5. The van der Waals surface area contributed by atoms with Gasteiger partial charge < -0.3 is 9.72 Å². The van der Waals surface area contributed by atoms with Crippen molar-refractivity contribution in [1.82, 2.24) is 9.97 Å². The molecule has 1 aromatic heterocycles. The molecule has 1 atom stereocenters. The first-order valence-electron chi connectivity index (χ1n) is 7.82. The van der Waals surface area contributed by atoms with Gasteiger partial charge in [0.05, 0.1) is 10.9 Å². The molecule has 5 heteroatoms. The van der Waals surface area contributed by atoms with Crippen molar-refractivity contribution in [1.29, 1.82) is 0 Å². The summed E-state index contributed by atoms with van der Waals surface area (Å²) in [6.07, 6.45) is 4.52. The SMILES string of the molecule is C[C@H](OC(=O)CC1CCCC1)c1nc2ccccc2c(=O)[nH]1. The monoisotopic (exact) mass is 300 g/mol. The van der Waals surface area contributed by atoms with Crippen LogP contribution >= 0.6 is 0 Å². The Balaban J connectivity index is 1.72. The molecule has 1 fully saturated rings. The Morgan fingerprint density at radius 1 is 1.36 bits per heavy atom. The molecule has 1 aliphatic carbocycles. The Kier molecular flexibility index (Phi) is 4.22. The van der Waals surface area contributed by atoms with E-state index in [0.717, 1.165) is 12.8 Å². The van der Waals surface area contributed by atoms with Crippen molar-refractivity contribution in [2.45, 2.75) is 45.1 Å². The minimum absolute atomic E-state index is 0.209. The smallest absolute Gasteiger partial charge is 0.306 e. The third-order valence-electron chi connectivity index (χ3n) is 4.25. The van der Waals surface area contributed by atoms with Crippen LogP contribution < -0.4 is 5.56 Å². The number of nitrogens with zero attached hydrogens (tertiary/aromatic N) is 1. The van der Waals surface area contributed by atoms with Crippen LogP contribution in [0, 0.1) is 5.92 Å². The van der Waals surface area contributed by atoms with Crippen molar-refractivity contribution in [3.63, 3.8) is 0 Å². The van der Waals surface area contributed by atoms with Gasteiger partial charge in [0.1, 0.15) is 0 Å². The summed E-state index contributed by atoms with van der Waals surface area (Å²) in [5.74, 6) is 0.627. The number of aromatic nitrogens is 2. The molecule has 0 saturated heterocycles. The van der Waals surface area contributed by atoms with Gasteiger partial charge in [0.15, 0.2) is 11.9 Å². The molecule has 2 aromatic rings. The van der Waals surface area contributed by atoms with Gasteiger partial charge in [-0.3, -0.25) is 9.59 Å². The zero-order chi connectivity index (χ0) is 15.5. The second-order valence-electron chi connectivity index (χ2n) is 5.96. The van der Waals surface area contributed by atoms with E-state index in [1.165, 1.54) is 12.8 Å². The summed E-state index contributed by atoms with van der Waals surface area (Å²) in [5.41, 5.74) is 0.402. The molecule has 0 spiro atoms. The Hall–Kier alpha value is -2.17. The highest BCUT2D eigenvalue weighted by Gasteiger charge is 2.21. The van der Waals surface area contributed by atoms with E-state index < -0.39 is 6.10 Å². The van der Waals surface area contributed by atoms with E-state index in [9.17, 15) is 9.59 Å². The number of hydrogen-bond donors (Lipinski definition) is 1. The number of fused-ring (bicyclic) bond motifs is 1. The van der Waals surface area contributed by atoms with Crippen LogP contribution in [0.3, 0.4) is 0 Å². The first-order valence-corrected chi connectivity index (χ1v) is 7.82. The minimum Gasteiger partial charge on any atom is -0.454 e. The van der Waals surface area contributed by atoms with Crippen LogP contribution in [0.2, 0.25) is 0 Å². The number of benzene rings is 1. The third kappa shape index (κ3) is 3.18. The molecule has 0 unspecified atom stereocenters. The third-order valence-corrected chi connectivity index (χ3v) is 4.25. The van der Waals surface area contributed by atoms with Gasteiger partial charge in [-0.2, -0.15) is 0 Å². The van der Waals surface area contributed by atoms with Crippen LogP contribution in [-0.2, 0) is 9.53 Å². The summed E-state index contributed by atoms with van der Waals surface area (Å²) in [6.45, 7) is 1.74. The fourth-order valence-electron chi connectivity index (χ4n) is 3.05. The molecular formula is C17H20N2O3. The molecule has 0 aliphatic heterocycles. The van der Waals surface area contributed by atoms with E-state index in [0.29, 0.717) is 29.1 Å². The van der Waals surface area contributed by atoms with Gasteiger partial charge in [-0.25, -0.2) is 4.98 Å². The largest absolute Gasteiger partial charge is 0.454 e. The van der Waals surface area contributed by atoms with Crippen molar-refractivity contribution in [2.24, 2.45) is 5.92 Å². The fraction of sp³-hybridized carbons (Fsp3) is 0.471. The number of nitrogens with one attached hydrogen (secondary N) is 1. The maximum Gasteiger partial charge on any atom is 0.306 e. The maximum atomic E-state index is 12.0. The molecule has 116 valence electrons. The molecule has 1 N–H and O–H groups in total. The van der Waals surface area contributed by atoms with Crippen LogP contribution in [0.5, 0.6) is 0 Å². The molecular weight excluding hydrogens is 280 g/mol. The summed E-state index contributed by atoms with van der Waals surface area (Å²) in [7, 11) is 0. The lowest BCUT2D eigenvalue weighted by Gasteiger charge is -2.14. The zero-order valence-electron chi connectivity index (χ0n) is 12.7. The number of carbonyl (C=O) groups is 1. The van der Waals surface area contributed by atoms with Crippen molar-refractivity contribution in [2.75, 3.05) is 0 Å². The van der Waals surface area contributed by atoms with Crippen molar-refractivity contribution in [3.05, 3.63) is 40.4 Å².